The SMILES string of the molecule is Cc1cc(C)c(C(C)NC2CCN(C)C2)c(C)c1. The van der Waals surface area contributed by atoms with Crippen molar-refractivity contribution < 1.29 is 0 Å². The summed E-state index contributed by atoms with van der Waals surface area (Å²) in [5.41, 5.74) is 5.68. The highest BCUT2D eigenvalue weighted by Gasteiger charge is 2.22. The lowest BCUT2D eigenvalue weighted by Crippen LogP contribution is -2.34. The van der Waals surface area contributed by atoms with E-state index >= 15 is 0 Å². The molecule has 1 heterocycles. The van der Waals surface area contributed by atoms with E-state index in [-0.39, 0.29) is 0 Å². The van der Waals surface area contributed by atoms with Gasteiger partial charge in [0.2, 0.25) is 0 Å². The largest absolute Gasteiger partial charge is 0.306 e. The van der Waals surface area contributed by atoms with Crippen molar-refractivity contribution in [2.24, 2.45) is 0 Å². The summed E-state index contributed by atoms with van der Waals surface area (Å²) in [5, 5.41) is 3.78. The molecular formula is C16H26N2. The van der Waals surface area contributed by atoms with E-state index in [1.807, 2.05) is 0 Å². The van der Waals surface area contributed by atoms with Gasteiger partial charge in [0.15, 0.2) is 0 Å². The Morgan fingerprint density at radius 2 is 1.83 bits per heavy atom. The summed E-state index contributed by atoms with van der Waals surface area (Å²) in [6, 6.07) is 5.68. The molecular weight excluding hydrogens is 220 g/mol. The number of hydrogen-bond donors (Lipinski definition) is 1. The first-order valence-electron chi connectivity index (χ1n) is 6.99. The van der Waals surface area contributed by atoms with Crippen LogP contribution in [0.4, 0.5) is 0 Å². The van der Waals surface area contributed by atoms with Crippen molar-refractivity contribution in [3.63, 3.8) is 0 Å². The van der Waals surface area contributed by atoms with Gasteiger partial charge in [-0.05, 0) is 64.4 Å². The van der Waals surface area contributed by atoms with E-state index in [0.29, 0.717) is 12.1 Å². The number of nitrogens with zero attached hydrogens (tertiary/aromatic N) is 1. The molecule has 1 aliphatic heterocycles. The maximum atomic E-state index is 3.78. The normalized spacial score (nSPS) is 22.4. The van der Waals surface area contributed by atoms with E-state index in [2.05, 4.69) is 57.1 Å². The van der Waals surface area contributed by atoms with Gasteiger partial charge >= 0.3 is 0 Å². The minimum absolute atomic E-state index is 0.446. The lowest BCUT2D eigenvalue weighted by Gasteiger charge is -2.23. The Balaban J connectivity index is 2.11. The van der Waals surface area contributed by atoms with E-state index in [1.165, 1.54) is 41.8 Å². The average Bonchev–Trinajstić information content (AvgIpc) is 2.62. The van der Waals surface area contributed by atoms with Crippen LogP contribution >= 0.6 is 0 Å². The number of likely N-dealkylation sites (tertiary alicyclic amines) is 1. The van der Waals surface area contributed by atoms with Crippen LogP contribution in [-0.4, -0.2) is 31.1 Å². The third-order valence-electron chi connectivity index (χ3n) is 4.05. The van der Waals surface area contributed by atoms with Gasteiger partial charge in [0.05, 0.1) is 0 Å². The molecule has 0 bridgehead atoms. The predicted octanol–water partition coefficient (Wildman–Crippen LogP) is 2.97. The van der Waals surface area contributed by atoms with Gasteiger partial charge in [0, 0.05) is 18.6 Å². The fourth-order valence-corrected chi connectivity index (χ4v) is 3.38. The minimum Gasteiger partial charge on any atom is -0.306 e. The second-order valence-electron chi connectivity index (χ2n) is 5.95. The molecule has 0 aliphatic carbocycles. The Morgan fingerprint density at radius 3 is 2.33 bits per heavy atom. The van der Waals surface area contributed by atoms with Crippen LogP contribution in [-0.2, 0) is 0 Å². The monoisotopic (exact) mass is 246 g/mol. The van der Waals surface area contributed by atoms with Crippen molar-refractivity contribution in [2.75, 3.05) is 20.1 Å². The standard InChI is InChI=1S/C16H26N2/c1-11-8-12(2)16(13(3)9-11)14(4)17-15-6-7-18(5)10-15/h8-9,14-15,17H,6-7,10H2,1-5H3. The summed E-state index contributed by atoms with van der Waals surface area (Å²) >= 11 is 0. The Kier molecular flexibility index (Phi) is 4.08. The average molecular weight is 246 g/mol. The van der Waals surface area contributed by atoms with Crippen LogP contribution in [0.15, 0.2) is 12.1 Å². The van der Waals surface area contributed by atoms with Crippen LogP contribution in [0.5, 0.6) is 0 Å². The highest BCUT2D eigenvalue weighted by Crippen LogP contribution is 2.24. The summed E-state index contributed by atoms with van der Waals surface area (Å²) in [5.74, 6) is 0. The zero-order valence-electron chi connectivity index (χ0n) is 12.4. The fraction of sp³-hybridized carbons (Fsp3) is 0.625. The molecule has 2 unspecified atom stereocenters. The molecule has 1 aliphatic rings. The molecule has 1 N–H and O–H groups in total. The summed E-state index contributed by atoms with van der Waals surface area (Å²) in [6.45, 7) is 11.3. The van der Waals surface area contributed by atoms with Crippen molar-refractivity contribution in [1.29, 1.82) is 0 Å². The van der Waals surface area contributed by atoms with Gasteiger partial charge in [-0.25, -0.2) is 0 Å². The van der Waals surface area contributed by atoms with Crippen LogP contribution < -0.4 is 5.32 Å². The highest BCUT2D eigenvalue weighted by molar-refractivity contribution is 5.39. The van der Waals surface area contributed by atoms with Crippen molar-refractivity contribution in [3.05, 3.63) is 34.4 Å². The van der Waals surface area contributed by atoms with Gasteiger partial charge in [-0.2, -0.15) is 0 Å². The number of benzene rings is 1. The molecule has 18 heavy (non-hydrogen) atoms. The molecule has 1 aromatic rings. The van der Waals surface area contributed by atoms with Crippen LogP contribution in [0.1, 0.15) is 41.6 Å². The number of aryl methyl sites for hydroxylation is 3. The Labute approximate surface area is 111 Å². The maximum absolute atomic E-state index is 3.78. The van der Waals surface area contributed by atoms with Crippen molar-refractivity contribution >= 4 is 0 Å². The lowest BCUT2D eigenvalue weighted by molar-refractivity contribution is 0.386. The van der Waals surface area contributed by atoms with Crippen LogP contribution in [0.2, 0.25) is 0 Å². The Hall–Kier alpha value is -0.860. The first-order valence-corrected chi connectivity index (χ1v) is 6.99. The van der Waals surface area contributed by atoms with E-state index in [0.717, 1.165) is 0 Å². The zero-order valence-corrected chi connectivity index (χ0v) is 12.4. The third kappa shape index (κ3) is 2.93. The molecule has 1 aromatic carbocycles. The minimum atomic E-state index is 0.446. The maximum Gasteiger partial charge on any atom is 0.0300 e. The number of likely N-dealkylation sites (N-methyl/N-ethyl adjacent to an activating group) is 1. The van der Waals surface area contributed by atoms with Crippen LogP contribution in [0.25, 0.3) is 0 Å². The predicted molar refractivity (Wildman–Crippen MR) is 78.1 cm³/mol. The van der Waals surface area contributed by atoms with Crippen LogP contribution in [0, 0.1) is 20.8 Å². The molecule has 100 valence electrons. The third-order valence-corrected chi connectivity index (χ3v) is 4.05. The zero-order chi connectivity index (χ0) is 13.3. The smallest absolute Gasteiger partial charge is 0.0300 e. The second-order valence-corrected chi connectivity index (χ2v) is 5.95. The van der Waals surface area contributed by atoms with Gasteiger partial charge in [0.1, 0.15) is 0 Å². The van der Waals surface area contributed by atoms with Gasteiger partial charge in [-0.15, -0.1) is 0 Å². The van der Waals surface area contributed by atoms with E-state index in [1.54, 1.807) is 0 Å². The van der Waals surface area contributed by atoms with Crippen molar-refractivity contribution in [1.82, 2.24) is 10.2 Å². The van der Waals surface area contributed by atoms with E-state index in [9.17, 15) is 0 Å². The molecule has 0 spiro atoms. The van der Waals surface area contributed by atoms with E-state index < -0.39 is 0 Å². The van der Waals surface area contributed by atoms with Crippen LogP contribution in [0.3, 0.4) is 0 Å². The molecule has 0 saturated carbocycles. The highest BCUT2D eigenvalue weighted by atomic mass is 15.2. The molecule has 0 amide bonds. The molecule has 2 heteroatoms. The lowest BCUT2D eigenvalue weighted by atomic mass is 9.94. The molecule has 1 fully saturated rings. The molecule has 0 radical (unpaired) electrons. The second kappa shape index (κ2) is 5.41. The van der Waals surface area contributed by atoms with Gasteiger partial charge in [-0.1, -0.05) is 17.7 Å². The Bertz CT molecular complexity index is 402. The molecule has 2 rings (SSSR count). The Morgan fingerprint density at radius 1 is 1.22 bits per heavy atom. The van der Waals surface area contributed by atoms with E-state index in [4.69, 9.17) is 0 Å². The number of nitrogens with one attached hydrogen (secondary N) is 1. The quantitative estimate of drug-likeness (QED) is 0.882. The molecule has 0 aromatic heterocycles. The summed E-state index contributed by atoms with van der Waals surface area (Å²) in [6.07, 6.45) is 1.27. The first-order chi connectivity index (χ1) is 8.47. The van der Waals surface area contributed by atoms with Gasteiger partial charge in [-0.3, -0.25) is 0 Å². The van der Waals surface area contributed by atoms with Gasteiger partial charge < -0.3 is 10.2 Å². The van der Waals surface area contributed by atoms with Crippen molar-refractivity contribution in [3.8, 4) is 0 Å². The first kappa shape index (κ1) is 13.6. The number of hydrogen-bond acceptors (Lipinski definition) is 2. The molecule has 2 nitrogen and oxygen atoms in total. The summed E-state index contributed by atoms with van der Waals surface area (Å²) in [4.78, 5) is 2.40. The number of rotatable bonds is 3. The van der Waals surface area contributed by atoms with Crippen molar-refractivity contribution in [2.45, 2.75) is 46.2 Å². The fourth-order valence-electron chi connectivity index (χ4n) is 3.38. The molecule has 2 atom stereocenters. The summed E-state index contributed by atoms with van der Waals surface area (Å²) < 4.78 is 0. The van der Waals surface area contributed by atoms with Gasteiger partial charge in [0.25, 0.3) is 0 Å². The summed E-state index contributed by atoms with van der Waals surface area (Å²) in [7, 11) is 2.20. The topological polar surface area (TPSA) is 15.3 Å². The molecule has 1 saturated heterocycles.